The van der Waals surface area contributed by atoms with Gasteiger partial charge in [-0.2, -0.15) is 0 Å². The highest BCUT2D eigenvalue weighted by Crippen LogP contribution is 2.47. The summed E-state index contributed by atoms with van der Waals surface area (Å²) in [5.74, 6) is 0.303. The maximum Gasteiger partial charge on any atom is 0.0508 e. The van der Waals surface area contributed by atoms with E-state index in [0.29, 0.717) is 5.92 Å². The number of benzene rings is 9. The Labute approximate surface area is 320 Å². The molecule has 1 heterocycles. The quantitative estimate of drug-likeness (QED) is 0.144. The molecule has 1 nitrogen and oxygen atoms in total. The zero-order valence-corrected chi connectivity index (χ0v) is 30.8. The Kier molecular flexibility index (Phi) is 8.39. The van der Waals surface area contributed by atoms with Crippen LogP contribution >= 0.6 is 11.3 Å². The van der Waals surface area contributed by atoms with Gasteiger partial charge in [-0.1, -0.05) is 152 Å². The van der Waals surface area contributed by atoms with Crippen LogP contribution < -0.4 is 4.90 Å². The fourth-order valence-electron chi connectivity index (χ4n) is 8.38. The fraction of sp³-hybridized carbons (Fsp3) is 0.0769. The minimum absolute atomic E-state index is 0.303. The maximum atomic E-state index is 2.50. The SMILES string of the molecule is c1ccc(CCC(Cc2c(N(c3ccccc3)c3ccc4ccccc4c3)ccc3c2sc2cc4ccccc4cc23)c2ccc3ccccc3c2)cc1. The normalized spacial score (nSPS) is 12.2. The molecular weight excluding hydrogens is 671 g/mol. The van der Waals surface area contributed by atoms with Gasteiger partial charge >= 0.3 is 0 Å². The number of thiophene rings is 1. The van der Waals surface area contributed by atoms with Gasteiger partial charge < -0.3 is 4.90 Å². The van der Waals surface area contributed by atoms with Crippen molar-refractivity contribution in [2.75, 3.05) is 4.90 Å². The third-order valence-electron chi connectivity index (χ3n) is 11.2. The molecule has 9 aromatic carbocycles. The van der Waals surface area contributed by atoms with Crippen LogP contribution in [0.4, 0.5) is 17.1 Å². The van der Waals surface area contributed by atoms with Crippen molar-refractivity contribution >= 4 is 80.9 Å². The monoisotopic (exact) mass is 709 g/mol. The molecule has 10 aromatic rings. The Morgan fingerprint density at radius 1 is 0.444 bits per heavy atom. The van der Waals surface area contributed by atoms with Gasteiger partial charge in [-0.15, -0.1) is 11.3 Å². The lowest BCUT2D eigenvalue weighted by Crippen LogP contribution is -2.14. The predicted octanol–water partition coefficient (Wildman–Crippen LogP) is 14.9. The maximum absolute atomic E-state index is 2.50. The van der Waals surface area contributed by atoms with Crippen molar-refractivity contribution in [1.82, 2.24) is 0 Å². The Bertz CT molecular complexity index is 2930. The van der Waals surface area contributed by atoms with Crippen LogP contribution in [0.5, 0.6) is 0 Å². The van der Waals surface area contributed by atoms with Gasteiger partial charge in [0.2, 0.25) is 0 Å². The van der Waals surface area contributed by atoms with E-state index in [4.69, 9.17) is 0 Å². The number of para-hydroxylation sites is 1. The molecule has 10 rings (SSSR count). The van der Waals surface area contributed by atoms with Gasteiger partial charge in [-0.05, 0) is 117 Å². The van der Waals surface area contributed by atoms with Crippen molar-refractivity contribution in [3.63, 3.8) is 0 Å². The van der Waals surface area contributed by atoms with E-state index < -0.39 is 0 Å². The second kappa shape index (κ2) is 14.0. The summed E-state index contributed by atoms with van der Waals surface area (Å²) in [6.07, 6.45) is 2.99. The summed E-state index contributed by atoms with van der Waals surface area (Å²) in [5.41, 5.74) is 7.76. The van der Waals surface area contributed by atoms with Crippen LogP contribution in [0.25, 0.3) is 52.5 Å². The Morgan fingerprint density at radius 2 is 1.04 bits per heavy atom. The van der Waals surface area contributed by atoms with E-state index in [9.17, 15) is 0 Å². The van der Waals surface area contributed by atoms with Crippen LogP contribution in [0.15, 0.2) is 194 Å². The summed E-state index contributed by atoms with van der Waals surface area (Å²) in [4.78, 5) is 2.50. The van der Waals surface area contributed by atoms with E-state index in [1.807, 2.05) is 11.3 Å². The molecule has 0 fully saturated rings. The van der Waals surface area contributed by atoms with E-state index in [1.54, 1.807) is 0 Å². The van der Waals surface area contributed by atoms with Gasteiger partial charge in [-0.3, -0.25) is 0 Å². The first-order valence-corrected chi connectivity index (χ1v) is 19.8. The lowest BCUT2D eigenvalue weighted by Gasteiger charge is -2.30. The number of hydrogen-bond donors (Lipinski definition) is 0. The number of anilines is 3. The predicted molar refractivity (Wildman–Crippen MR) is 234 cm³/mol. The van der Waals surface area contributed by atoms with Crippen LogP contribution in [-0.2, 0) is 12.8 Å². The molecule has 0 aliphatic rings. The second-order valence-electron chi connectivity index (χ2n) is 14.5. The molecular formula is C52H39NS. The van der Waals surface area contributed by atoms with Crippen LogP contribution in [0.1, 0.15) is 29.0 Å². The van der Waals surface area contributed by atoms with E-state index in [2.05, 4.69) is 199 Å². The largest absolute Gasteiger partial charge is 0.310 e. The highest BCUT2D eigenvalue weighted by atomic mass is 32.1. The van der Waals surface area contributed by atoms with Crippen molar-refractivity contribution in [3.05, 3.63) is 211 Å². The molecule has 0 N–H and O–H groups in total. The van der Waals surface area contributed by atoms with Gasteiger partial charge in [-0.25, -0.2) is 0 Å². The molecule has 0 radical (unpaired) electrons. The molecule has 0 bridgehead atoms. The van der Waals surface area contributed by atoms with Gasteiger partial charge in [0.1, 0.15) is 0 Å². The van der Waals surface area contributed by atoms with Crippen LogP contribution in [0, 0.1) is 0 Å². The molecule has 0 saturated carbocycles. The highest BCUT2D eigenvalue weighted by Gasteiger charge is 2.24. The first-order valence-electron chi connectivity index (χ1n) is 19.0. The lowest BCUT2D eigenvalue weighted by molar-refractivity contribution is 0.624. The van der Waals surface area contributed by atoms with Gasteiger partial charge in [0.15, 0.2) is 0 Å². The number of hydrogen-bond acceptors (Lipinski definition) is 2. The zero-order valence-electron chi connectivity index (χ0n) is 30.0. The average Bonchev–Trinajstić information content (AvgIpc) is 3.60. The Hall–Kier alpha value is -6.22. The summed E-state index contributed by atoms with van der Waals surface area (Å²) in [5, 5.41) is 10.3. The molecule has 54 heavy (non-hydrogen) atoms. The van der Waals surface area contributed by atoms with Crippen molar-refractivity contribution < 1.29 is 0 Å². The number of rotatable bonds is 9. The van der Waals surface area contributed by atoms with Crippen LogP contribution in [-0.4, -0.2) is 0 Å². The second-order valence-corrected chi connectivity index (χ2v) is 15.5. The van der Waals surface area contributed by atoms with Gasteiger partial charge in [0.05, 0.1) is 5.69 Å². The number of fused-ring (bicyclic) bond motifs is 6. The standard InChI is InChI=1S/C52H39NS/c1-3-13-36(14-4-1)23-24-44(43-26-25-37-15-7-9-17-39(37)31-43)34-49-50(30-29-47-48-33-41-19-11-12-20-42(41)35-51(48)54-52(47)49)53(45-21-5-2-6-22-45)46-28-27-38-16-8-10-18-40(38)32-46/h1-22,25-33,35,44H,23-24,34H2. The van der Waals surface area contributed by atoms with Crippen LogP contribution in [0.2, 0.25) is 0 Å². The summed E-state index contributed by atoms with van der Waals surface area (Å²) in [7, 11) is 0. The number of nitrogens with zero attached hydrogens (tertiary/aromatic N) is 1. The minimum Gasteiger partial charge on any atom is -0.310 e. The fourth-order valence-corrected chi connectivity index (χ4v) is 9.66. The Balaban J connectivity index is 1.21. The van der Waals surface area contributed by atoms with Crippen molar-refractivity contribution in [3.8, 4) is 0 Å². The van der Waals surface area contributed by atoms with Crippen molar-refractivity contribution in [1.29, 1.82) is 0 Å². The first kappa shape index (κ1) is 32.4. The van der Waals surface area contributed by atoms with Crippen LogP contribution in [0.3, 0.4) is 0 Å². The average molecular weight is 710 g/mol. The first-order chi connectivity index (χ1) is 26.7. The van der Waals surface area contributed by atoms with E-state index in [-0.39, 0.29) is 0 Å². The molecule has 1 aromatic heterocycles. The van der Waals surface area contributed by atoms with E-state index in [0.717, 1.165) is 24.9 Å². The topological polar surface area (TPSA) is 3.24 Å². The van der Waals surface area contributed by atoms with Gasteiger partial charge in [0.25, 0.3) is 0 Å². The number of aryl methyl sites for hydroxylation is 1. The molecule has 0 saturated heterocycles. The summed E-state index contributed by atoms with van der Waals surface area (Å²) < 4.78 is 2.72. The molecule has 0 spiro atoms. The molecule has 0 amide bonds. The molecule has 1 atom stereocenters. The highest BCUT2D eigenvalue weighted by molar-refractivity contribution is 7.26. The van der Waals surface area contributed by atoms with E-state index in [1.165, 1.54) is 80.6 Å². The van der Waals surface area contributed by atoms with Gasteiger partial charge in [0, 0.05) is 31.5 Å². The lowest BCUT2D eigenvalue weighted by atomic mass is 9.85. The molecule has 0 aliphatic carbocycles. The molecule has 1 unspecified atom stereocenters. The minimum atomic E-state index is 0.303. The third kappa shape index (κ3) is 6.09. The van der Waals surface area contributed by atoms with Crippen molar-refractivity contribution in [2.24, 2.45) is 0 Å². The smallest absolute Gasteiger partial charge is 0.0508 e. The summed E-state index contributed by atoms with van der Waals surface area (Å²) >= 11 is 1.96. The van der Waals surface area contributed by atoms with Crippen molar-refractivity contribution in [2.45, 2.75) is 25.2 Å². The summed E-state index contributed by atoms with van der Waals surface area (Å²) in [6.45, 7) is 0. The molecule has 0 aliphatic heterocycles. The third-order valence-corrected chi connectivity index (χ3v) is 12.4. The zero-order chi connectivity index (χ0) is 35.8. The molecule has 258 valence electrons. The van der Waals surface area contributed by atoms with E-state index >= 15 is 0 Å². The Morgan fingerprint density at radius 3 is 1.76 bits per heavy atom. The summed E-state index contributed by atoms with van der Waals surface area (Å²) in [6, 6.07) is 71.8. The molecule has 2 heteroatoms.